The maximum atomic E-state index is 12.5. The monoisotopic (exact) mass is 453 g/mol. The van der Waals surface area contributed by atoms with Crippen LogP contribution >= 0.6 is 23.1 Å². The Morgan fingerprint density at radius 2 is 2.06 bits per heavy atom. The molecular weight excluding hydrogens is 430 g/mol. The fraction of sp³-hybridized carbons (Fsp3) is 0.273. The maximum absolute atomic E-state index is 12.5. The molecule has 0 aliphatic rings. The molecule has 0 unspecified atom stereocenters. The number of anilines is 1. The van der Waals surface area contributed by atoms with Crippen LogP contribution in [-0.2, 0) is 4.79 Å². The largest absolute Gasteiger partial charge is 0.461 e. The molecule has 0 aliphatic carbocycles. The van der Waals surface area contributed by atoms with Crippen molar-refractivity contribution in [1.82, 2.24) is 19.7 Å². The summed E-state index contributed by atoms with van der Waals surface area (Å²) in [6, 6.07) is 10.0. The SMILES string of the molecule is Cc1ccc(-c2csc(NC(=O)CSc3nnc(-c4ccco4)n3C(C)C)n2)cc1C. The molecule has 31 heavy (non-hydrogen) atoms. The molecule has 3 heterocycles. The van der Waals surface area contributed by atoms with E-state index in [-0.39, 0.29) is 17.7 Å². The van der Waals surface area contributed by atoms with E-state index in [0.717, 1.165) is 11.3 Å². The van der Waals surface area contributed by atoms with Crippen molar-refractivity contribution in [2.75, 3.05) is 11.1 Å². The number of benzene rings is 1. The van der Waals surface area contributed by atoms with E-state index in [0.29, 0.717) is 21.9 Å². The number of rotatable bonds is 7. The zero-order valence-electron chi connectivity index (χ0n) is 17.7. The second-order valence-corrected chi connectivity index (χ2v) is 9.22. The smallest absolute Gasteiger partial charge is 0.236 e. The van der Waals surface area contributed by atoms with Gasteiger partial charge >= 0.3 is 0 Å². The normalized spacial score (nSPS) is 11.3. The van der Waals surface area contributed by atoms with Crippen molar-refractivity contribution in [2.45, 2.75) is 38.9 Å². The van der Waals surface area contributed by atoms with Crippen LogP contribution < -0.4 is 5.32 Å². The van der Waals surface area contributed by atoms with Crippen LogP contribution in [0.4, 0.5) is 5.13 Å². The van der Waals surface area contributed by atoms with Crippen molar-refractivity contribution in [3.8, 4) is 22.8 Å². The highest BCUT2D eigenvalue weighted by atomic mass is 32.2. The van der Waals surface area contributed by atoms with E-state index < -0.39 is 0 Å². The Labute approximate surface area is 188 Å². The van der Waals surface area contributed by atoms with Crippen molar-refractivity contribution in [3.05, 3.63) is 53.1 Å². The Hall–Kier alpha value is -2.91. The van der Waals surface area contributed by atoms with E-state index >= 15 is 0 Å². The van der Waals surface area contributed by atoms with E-state index in [1.807, 2.05) is 42.0 Å². The van der Waals surface area contributed by atoms with Gasteiger partial charge in [-0.05, 0) is 57.0 Å². The molecule has 0 atom stereocenters. The van der Waals surface area contributed by atoms with E-state index in [1.165, 1.54) is 34.2 Å². The first kappa shape index (κ1) is 21.3. The van der Waals surface area contributed by atoms with Crippen LogP contribution in [0.3, 0.4) is 0 Å². The fourth-order valence-corrected chi connectivity index (χ4v) is 4.67. The Morgan fingerprint density at radius 1 is 1.23 bits per heavy atom. The highest BCUT2D eigenvalue weighted by Gasteiger charge is 2.19. The van der Waals surface area contributed by atoms with Gasteiger partial charge < -0.3 is 9.73 Å². The van der Waals surface area contributed by atoms with Crippen molar-refractivity contribution < 1.29 is 9.21 Å². The molecule has 0 saturated carbocycles. The summed E-state index contributed by atoms with van der Waals surface area (Å²) in [5.74, 6) is 1.38. The summed E-state index contributed by atoms with van der Waals surface area (Å²) in [5, 5.41) is 14.6. The number of nitrogens with zero attached hydrogens (tertiary/aromatic N) is 4. The first-order valence-corrected chi connectivity index (χ1v) is 11.7. The summed E-state index contributed by atoms with van der Waals surface area (Å²) in [4.78, 5) is 17.1. The molecule has 4 aromatic rings. The topological polar surface area (TPSA) is 85.8 Å². The molecule has 0 bridgehead atoms. The van der Waals surface area contributed by atoms with Crippen LogP contribution in [0.2, 0.25) is 0 Å². The predicted octanol–water partition coefficient (Wildman–Crippen LogP) is 5.59. The molecule has 3 aromatic heterocycles. The van der Waals surface area contributed by atoms with Crippen molar-refractivity contribution >= 4 is 34.1 Å². The number of aromatic nitrogens is 4. The van der Waals surface area contributed by atoms with Gasteiger partial charge in [-0.15, -0.1) is 21.5 Å². The second kappa shape index (κ2) is 9.07. The zero-order valence-corrected chi connectivity index (χ0v) is 19.4. The van der Waals surface area contributed by atoms with E-state index in [9.17, 15) is 4.79 Å². The Kier molecular flexibility index (Phi) is 6.24. The van der Waals surface area contributed by atoms with Crippen LogP contribution in [0.15, 0.2) is 51.5 Å². The summed E-state index contributed by atoms with van der Waals surface area (Å²) in [6.07, 6.45) is 1.61. The lowest BCUT2D eigenvalue weighted by Gasteiger charge is -2.12. The first-order valence-electron chi connectivity index (χ1n) is 9.87. The molecule has 1 N–H and O–H groups in total. The summed E-state index contributed by atoms with van der Waals surface area (Å²) < 4.78 is 7.43. The van der Waals surface area contributed by atoms with Crippen molar-refractivity contribution in [3.63, 3.8) is 0 Å². The van der Waals surface area contributed by atoms with E-state index in [4.69, 9.17) is 4.42 Å². The Morgan fingerprint density at radius 3 is 2.77 bits per heavy atom. The summed E-state index contributed by atoms with van der Waals surface area (Å²) in [5.41, 5.74) is 4.37. The lowest BCUT2D eigenvalue weighted by atomic mass is 10.1. The molecule has 0 fully saturated rings. The summed E-state index contributed by atoms with van der Waals surface area (Å²) in [6.45, 7) is 8.26. The highest BCUT2D eigenvalue weighted by molar-refractivity contribution is 7.99. The van der Waals surface area contributed by atoms with E-state index in [2.05, 4.69) is 46.5 Å². The van der Waals surface area contributed by atoms with Crippen molar-refractivity contribution in [1.29, 1.82) is 0 Å². The number of thiazole rings is 1. The van der Waals surface area contributed by atoms with Gasteiger partial charge in [0.15, 0.2) is 16.0 Å². The van der Waals surface area contributed by atoms with Crippen LogP contribution in [0.1, 0.15) is 31.0 Å². The third kappa shape index (κ3) is 4.72. The van der Waals surface area contributed by atoms with Gasteiger partial charge in [0.2, 0.25) is 11.7 Å². The van der Waals surface area contributed by atoms with Gasteiger partial charge in [0.25, 0.3) is 0 Å². The molecule has 0 spiro atoms. The fourth-order valence-electron chi connectivity index (χ4n) is 3.06. The molecule has 160 valence electrons. The number of thioether (sulfide) groups is 1. The minimum Gasteiger partial charge on any atom is -0.461 e. The molecule has 1 aromatic carbocycles. The molecule has 4 rings (SSSR count). The standard InChI is InChI=1S/C22H23N5O2S2/c1-13(2)27-20(18-6-5-9-29-18)25-26-22(27)31-12-19(28)24-21-23-17(11-30-21)16-8-7-14(3)15(4)10-16/h5-11,13H,12H2,1-4H3,(H,23,24,28). The molecule has 1 amide bonds. The number of carbonyl (C=O) groups excluding carboxylic acids is 1. The number of amides is 1. The lowest BCUT2D eigenvalue weighted by molar-refractivity contribution is -0.113. The van der Waals surface area contributed by atoms with Crippen LogP contribution in [0, 0.1) is 13.8 Å². The summed E-state index contributed by atoms with van der Waals surface area (Å²) >= 11 is 2.76. The second-order valence-electron chi connectivity index (χ2n) is 7.42. The lowest BCUT2D eigenvalue weighted by Crippen LogP contribution is -2.15. The van der Waals surface area contributed by atoms with Gasteiger partial charge in [-0.3, -0.25) is 9.36 Å². The number of aryl methyl sites for hydroxylation is 2. The van der Waals surface area contributed by atoms with Gasteiger partial charge in [-0.1, -0.05) is 23.9 Å². The first-order chi connectivity index (χ1) is 14.9. The molecule has 0 aliphatic heterocycles. The van der Waals surface area contributed by atoms with Crippen LogP contribution in [0.5, 0.6) is 0 Å². The average Bonchev–Trinajstić information content (AvgIpc) is 3.48. The quantitative estimate of drug-likeness (QED) is 0.367. The molecule has 0 radical (unpaired) electrons. The maximum Gasteiger partial charge on any atom is 0.236 e. The number of furan rings is 1. The number of hydrogen-bond donors (Lipinski definition) is 1. The Balaban J connectivity index is 1.41. The van der Waals surface area contributed by atoms with Gasteiger partial charge in [0, 0.05) is 17.0 Å². The van der Waals surface area contributed by atoms with Crippen LogP contribution in [-0.4, -0.2) is 31.4 Å². The third-order valence-corrected chi connectivity index (χ3v) is 6.51. The summed E-state index contributed by atoms with van der Waals surface area (Å²) in [7, 11) is 0. The minimum atomic E-state index is -0.135. The van der Waals surface area contributed by atoms with Gasteiger partial charge in [-0.25, -0.2) is 4.98 Å². The minimum absolute atomic E-state index is 0.125. The van der Waals surface area contributed by atoms with Gasteiger partial charge in [-0.2, -0.15) is 0 Å². The average molecular weight is 454 g/mol. The number of nitrogens with one attached hydrogen (secondary N) is 1. The van der Waals surface area contributed by atoms with E-state index in [1.54, 1.807) is 6.26 Å². The molecule has 7 nitrogen and oxygen atoms in total. The number of carbonyl (C=O) groups is 1. The predicted molar refractivity (Wildman–Crippen MR) is 124 cm³/mol. The Bertz CT molecular complexity index is 1190. The zero-order chi connectivity index (χ0) is 22.0. The van der Waals surface area contributed by atoms with Crippen LogP contribution in [0.25, 0.3) is 22.8 Å². The van der Waals surface area contributed by atoms with Gasteiger partial charge in [0.1, 0.15) is 0 Å². The third-order valence-electron chi connectivity index (χ3n) is 4.81. The van der Waals surface area contributed by atoms with Crippen molar-refractivity contribution in [2.24, 2.45) is 0 Å². The molecular formula is C22H23N5O2S2. The molecule has 9 heteroatoms. The molecule has 0 saturated heterocycles. The number of hydrogen-bond acceptors (Lipinski definition) is 7. The highest BCUT2D eigenvalue weighted by Crippen LogP contribution is 2.29. The van der Waals surface area contributed by atoms with Gasteiger partial charge in [0.05, 0.1) is 17.7 Å².